The zero-order valence-corrected chi connectivity index (χ0v) is 26.3. The van der Waals surface area contributed by atoms with E-state index in [0.717, 1.165) is 56.4 Å². The number of nitro benzene ring substituents is 1. The molecule has 0 spiro atoms. The number of ether oxygens (including phenoxy) is 1. The van der Waals surface area contributed by atoms with Crippen molar-refractivity contribution in [3.8, 4) is 5.75 Å². The molecule has 0 saturated heterocycles. The number of phenols is 1. The van der Waals surface area contributed by atoms with Crippen LogP contribution in [0.5, 0.6) is 5.75 Å². The number of oxime groups is 1. The van der Waals surface area contributed by atoms with Gasteiger partial charge in [-0.3, -0.25) is 19.7 Å². The summed E-state index contributed by atoms with van der Waals surface area (Å²) in [5.41, 5.74) is 0.345. The number of aromatic hydroxyl groups is 1. The summed E-state index contributed by atoms with van der Waals surface area (Å²) in [6.45, 7) is 5.56. The van der Waals surface area contributed by atoms with Crippen LogP contribution < -0.4 is 5.32 Å². The average Bonchev–Trinajstić information content (AvgIpc) is 3.28. The van der Waals surface area contributed by atoms with Crippen LogP contribution in [0.25, 0.3) is 0 Å². The zero-order chi connectivity index (χ0) is 32.7. The molecule has 1 amide bonds. The minimum atomic E-state index is -1.22. The van der Waals surface area contributed by atoms with E-state index in [9.17, 15) is 34.7 Å². The Morgan fingerprint density at radius 3 is 2.56 bits per heavy atom. The number of benzene rings is 1. The number of carbonyl (C=O) groups is 3. The summed E-state index contributed by atoms with van der Waals surface area (Å²) in [6, 6.07) is 2.60. The van der Waals surface area contributed by atoms with Gasteiger partial charge in [-0.25, -0.2) is 4.79 Å². The van der Waals surface area contributed by atoms with E-state index in [2.05, 4.69) is 30.4 Å². The topological polar surface area (TPSA) is 178 Å². The summed E-state index contributed by atoms with van der Waals surface area (Å²) < 4.78 is 4.79. The number of carbonyl (C=O) groups excluding carboxylic acids is 3. The summed E-state index contributed by atoms with van der Waals surface area (Å²) in [7, 11) is 1.17. The quantitative estimate of drug-likeness (QED) is 0.207. The molecule has 1 aromatic rings. The molecule has 12 heteroatoms. The second kappa shape index (κ2) is 12.2. The van der Waals surface area contributed by atoms with E-state index in [-0.39, 0.29) is 23.0 Å². The van der Waals surface area contributed by atoms with E-state index in [1.165, 1.54) is 25.7 Å². The van der Waals surface area contributed by atoms with Crippen LogP contribution in [-0.2, 0) is 30.4 Å². The average molecular weight is 626 g/mol. The van der Waals surface area contributed by atoms with Crippen molar-refractivity contribution < 1.29 is 39.1 Å². The fraction of sp³-hybridized carbons (Fsp3) is 0.636. The van der Waals surface area contributed by atoms with Crippen LogP contribution in [0, 0.1) is 38.7 Å². The largest absolute Gasteiger partial charge is 0.502 e. The number of hydrogen-bond acceptors (Lipinski definition) is 10. The number of nitrogens with zero attached hydrogens (tertiary/aromatic N) is 2. The van der Waals surface area contributed by atoms with E-state index in [1.807, 2.05) is 0 Å². The Kier molecular flexibility index (Phi) is 8.82. The molecule has 0 aromatic heterocycles. The van der Waals surface area contributed by atoms with Crippen molar-refractivity contribution in [3.63, 3.8) is 0 Å². The zero-order valence-electron chi connectivity index (χ0n) is 26.3. The van der Waals surface area contributed by atoms with Crippen LogP contribution in [-0.4, -0.2) is 63.9 Å². The fourth-order valence-electron chi connectivity index (χ4n) is 9.06. The molecular weight excluding hydrogens is 582 g/mol. The van der Waals surface area contributed by atoms with E-state index in [1.54, 1.807) is 0 Å². The third-order valence-electron chi connectivity index (χ3n) is 11.6. The summed E-state index contributed by atoms with van der Waals surface area (Å²) >= 11 is 0. The van der Waals surface area contributed by atoms with Crippen LogP contribution in [0.15, 0.2) is 35.0 Å². The van der Waals surface area contributed by atoms with E-state index >= 15 is 0 Å². The van der Waals surface area contributed by atoms with Crippen molar-refractivity contribution in [2.75, 3.05) is 13.7 Å². The van der Waals surface area contributed by atoms with Crippen molar-refractivity contribution in [1.29, 1.82) is 0 Å². The molecule has 3 N–H and O–H groups in total. The van der Waals surface area contributed by atoms with Gasteiger partial charge in [0.2, 0.25) is 0 Å². The standard InChI is InChI=1S/C33H43N3O9/c1-19(37)33(41)14-11-25-23-7-6-21-17-22(9-12-31(21,2)24(23)10-13-32(25,33)3)35-45-18-29(39)34-26(30(40)44-4)15-20-5-8-28(38)27(16-20)36(42)43/h5,8,16-17,23-26,38,41H,6-7,9-15,18H2,1-4H3,(H,34,39)/b35-22+/t23-,24+,25+,26-,31+,32+,33+/m1/s1. The smallest absolute Gasteiger partial charge is 0.328 e. The summed E-state index contributed by atoms with van der Waals surface area (Å²) in [6.07, 6.45) is 8.78. The second-order valence-electron chi connectivity index (χ2n) is 13.7. The molecule has 7 atom stereocenters. The molecule has 3 saturated carbocycles. The lowest BCUT2D eigenvalue weighted by molar-refractivity contribution is -0.385. The van der Waals surface area contributed by atoms with Gasteiger partial charge in [0.1, 0.15) is 11.6 Å². The van der Waals surface area contributed by atoms with Gasteiger partial charge in [-0.05, 0) is 99.2 Å². The summed E-state index contributed by atoms with van der Waals surface area (Å²) in [5, 5.41) is 39.0. The Morgan fingerprint density at radius 2 is 1.87 bits per heavy atom. The molecule has 0 aliphatic heterocycles. The molecular formula is C33H43N3O9. The minimum Gasteiger partial charge on any atom is -0.502 e. The third-order valence-corrected chi connectivity index (χ3v) is 11.6. The maximum absolute atomic E-state index is 12.7. The number of phenolic OH excluding ortho intramolecular Hbond substituents is 1. The number of rotatable bonds is 9. The number of aliphatic hydroxyl groups is 1. The van der Waals surface area contributed by atoms with Crippen molar-refractivity contribution in [1.82, 2.24) is 5.32 Å². The first kappa shape index (κ1) is 32.6. The number of ketones is 1. The molecule has 12 nitrogen and oxygen atoms in total. The van der Waals surface area contributed by atoms with Gasteiger partial charge in [-0.15, -0.1) is 0 Å². The molecule has 0 radical (unpaired) electrons. The second-order valence-corrected chi connectivity index (χ2v) is 13.7. The Labute approximate surface area is 262 Å². The maximum Gasteiger partial charge on any atom is 0.328 e. The van der Waals surface area contributed by atoms with E-state index in [0.29, 0.717) is 36.2 Å². The molecule has 4 aliphatic carbocycles. The lowest BCUT2D eigenvalue weighted by Gasteiger charge is -2.59. The van der Waals surface area contributed by atoms with Gasteiger partial charge >= 0.3 is 11.7 Å². The van der Waals surface area contributed by atoms with Crippen molar-refractivity contribution in [2.24, 2.45) is 33.7 Å². The first-order valence-corrected chi connectivity index (χ1v) is 15.7. The maximum atomic E-state index is 12.7. The molecule has 0 bridgehead atoms. The molecule has 45 heavy (non-hydrogen) atoms. The van der Waals surface area contributed by atoms with Crippen LogP contribution >= 0.6 is 0 Å². The molecule has 1 aromatic carbocycles. The number of methoxy groups -OCH3 is 1. The van der Waals surface area contributed by atoms with Gasteiger partial charge in [0.05, 0.1) is 17.7 Å². The minimum absolute atomic E-state index is 0.00854. The molecule has 5 rings (SSSR count). The molecule has 0 unspecified atom stereocenters. The summed E-state index contributed by atoms with van der Waals surface area (Å²) in [5.74, 6) is -0.674. The van der Waals surface area contributed by atoms with Gasteiger partial charge in [0.15, 0.2) is 18.1 Å². The van der Waals surface area contributed by atoms with Gasteiger partial charge in [0, 0.05) is 17.9 Å². The number of allylic oxidation sites excluding steroid dienone is 2. The first-order chi connectivity index (χ1) is 21.2. The Hall–Kier alpha value is -3.80. The highest BCUT2D eigenvalue weighted by atomic mass is 16.6. The predicted octanol–water partition coefficient (Wildman–Crippen LogP) is 4.16. The normalized spacial score (nSPS) is 33.6. The molecule has 4 aliphatic rings. The monoisotopic (exact) mass is 625 g/mol. The van der Waals surface area contributed by atoms with Crippen LogP contribution in [0.1, 0.15) is 77.7 Å². The van der Waals surface area contributed by atoms with Crippen molar-refractivity contribution in [2.45, 2.75) is 90.2 Å². The molecule has 244 valence electrons. The van der Waals surface area contributed by atoms with E-state index in [4.69, 9.17) is 9.57 Å². The predicted molar refractivity (Wildman–Crippen MR) is 163 cm³/mol. The van der Waals surface area contributed by atoms with Crippen LogP contribution in [0.4, 0.5) is 5.69 Å². The SMILES string of the molecule is COC(=O)[C@@H](Cc1ccc(O)c([N+](=O)[O-])c1)NC(=O)CO/N=C1/C=C2CC[C@@H]3[C@H](CC[C@@]4(C)[C@H]3CC[C@]4(O)C(C)=O)[C@@]2(C)CC1. The number of nitrogens with one attached hydrogen (secondary N) is 1. The molecule has 3 fully saturated rings. The van der Waals surface area contributed by atoms with Crippen LogP contribution in [0.2, 0.25) is 0 Å². The number of esters is 1. The fourth-order valence-corrected chi connectivity index (χ4v) is 9.06. The van der Waals surface area contributed by atoms with Gasteiger partial charge < -0.3 is 25.1 Å². The first-order valence-electron chi connectivity index (χ1n) is 15.7. The van der Waals surface area contributed by atoms with E-state index < -0.39 is 46.5 Å². The van der Waals surface area contributed by atoms with Gasteiger partial charge in [-0.1, -0.05) is 30.6 Å². The number of Topliss-reactive ketones (excluding diaryl/α,β-unsaturated/α-hetero) is 1. The number of hydrogen-bond donors (Lipinski definition) is 3. The van der Waals surface area contributed by atoms with Crippen LogP contribution in [0.3, 0.4) is 0 Å². The number of nitro groups is 1. The van der Waals surface area contributed by atoms with Crippen molar-refractivity contribution in [3.05, 3.63) is 45.5 Å². The number of fused-ring (bicyclic) bond motifs is 5. The lowest BCUT2D eigenvalue weighted by atomic mass is 9.46. The highest BCUT2D eigenvalue weighted by Crippen LogP contribution is 2.67. The number of amides is 1. The summed E-state index contributed by atoms with van der Waals surface area (Å²) in [4.78, 5) is 53.3. The van der Waals surface area contributed by atoms with Gasteiger partial charge in [0.25, 0.3) is 5.91 Å². The Bertz CT molecular complexity index is 1460. The highest BCUT2D eigenvalue weighted by Gasteiger charge is 2.65. The Balaban J connectivity index is 1.20. The third kappa shape index (κ3) is 5.73. The van der Waals surface area contributed by atoms with Gasteiger partial charge in [-0.2, -0.15) is 0 Å². The highest BCUT2D eigenvalue weighted by molar-refractivity contribution is 5.96. The Morgan fingerprint density at radius 1 is 1.13 bits per heavy atom. The van der Waals surface area contributed by atoms with Crippen molar-refractivity contribution >= 4 is 29.1 Å². The lowest BCUT2D eigenvalue weighted by Crippen LogP contribution is -2.57. The molecule has 0 heterocycles.